The van der Waals surface area contributed by atoms with E-state index < -0.39 is 31.6 Å². The van der Waals surface area contributed by atoms with Crippen LogP contribution in [0.1, 0.15) is 11.1 Å². The molecule has 0 bridgehead atoms. The average molecular weight is 316 g/mol. The Morgan fingerprint density at radius 3 is 1.50 bits per heavy atom. The Morgan fingerprint density at radius 2 is 1.20 bits per heavy atom. The number of hydrogen-bond acceptors (Lipinski definition) is 4. The van der Waals surface area contributed by atoms with Gasteiger partial charge >= 0.3 is 0 Å². The van der Waals surface area contributed by atoms with Crippen LogP contribution in [0.5, 0.6) is 0 Å². The van der Waals surface area contributed by atoms with Crippen LogP contribution in [0.15, 0.2) is 33.3 Å². The van der Waals surface area contributed by atoms with Crippen LogP contribution in [0.2, 0.25) is 0 Å². The molecule has 0 aliphatic rings. The topological polar surface area (TPSA) is 166 Å². The van der Waals surface area contributed by atoms with Crippen molar-refractivity contribution >= 4 is 20.0 Å². The first-order valence-corrected chi connectivity index (χ1v) is 8.16. The van der Waals surface area contributed by atoms with Gasteiger partial charge in [0, 0.05) is 18.9 Å². The lowest BCUT2D eigenvalue weighted by Crippen LogP contribution is -2.06. The molecule has 0 atom stereocenters. The maximum atomic E-state index is 11.4. The molecule has 0 N–H and O–H groups in total. The molecule has 12 heteroatoms. The van der Waals surface area contributed by atoms with Gasteiger partial charge in [-0.1, -0.05) is 24.3 Å². The summed E-state index contributed by atoms with van der Waals surface area (Å²) in [4.78, 5) is 4.38. The van der Waals surface area contributed by atoms with Gasteiger partial charge in [-0.05, 0) is 22.2 Å². The van der Waals surface area contributed by atoms with Gasteiger partial charge in [-0.15, -0.1) is 0 Å². The van der Waals surface area contributed by atoms with Crippen LogP contribution in [0.3, 0.4) is 0 Å². The molecule has 0 spiro atoms. The molecular formula is C8H8N6O4S2. The summed E-state index contributed by atoms with van der Waals surface area (Å²) >= 11 is 0. The van der Waals surface area contributed by atoms with Crippen LogP contribution in [-0.4, -0.2) is 16.8 Å². The highest BCUT2D eigenvalue weighted by atomic mass is 32.2. The van der Waals surface area contributed by atoms with Crippen LogP contribution in [-0.2, 0) is 31.6 Å². The lowest BCUT2D eigenvalue weighted by Gasteiger charge is -2.06. The van der Waals surface area contributed by atoms with Gasteiger partial charge in [0.15, 0.2) is 0 Å². The van der Waals surface area contributed by atoms with Gasteiger partial charge in [0.25, 0.3) is 0 Å². The number of hydrogen-bond donors (Lipinski definition) is 0. The molecule has 0 fully saturated rings. The molecule has 0 unspecified atom stereocenters. The highest BCUT2D eigenvalue weighted by Gasteiger charge is 2.16. The van der Waals surface area contributed by atoms with Crippen molar-refractivity contribution in [1.29, 1.82) is 0 Å². The predicted octanol–water partition coefficient (Wildman–Crippen LogP) is 1.97. The fourth-order valence-electron chi connectivity index (χ4n) is 1.40. The Balaban J connectivity index is 3.19. The second-order valence-electron chi connectivity index (χ2n) is 3.56. The van der Waals surface area contributed by atoms with Crippen molar-refractivity contribution in [3.05, 3.63) is 56.3 Å². The van der Waals surface area contributed by atoms with E-state index in [0.717, 1.165) is 0 Å². The van der Waals surface area contributed by atoms with E-state index >= 15 is 0 Å². The Bertz CT molecular complexity index is 734. The van der Waals surface area contributed by atoms with Crippen molar-refractivity contribution in [3.8, 4) is 0 Å². The molecule has 0 heterocycles. The SMILES string of the molecule is [N-]=[N+]=NS(=O)(=O)Cc1ccccc1CS(=O)(=O)N=[N+]=[N-]. The monoisotopic (exact) mass is 316 g/mol. The molecule has 0 radical (unpaired) electrons. The largest absolute Gasteiger partial charge is 0.239 e. The maximum absolute atomic E-state index is 11.4. The van der Waals surface area contributed by atoms with Crippen LogP contribution in [0, 0.1) is 0 Å². The summed E-state index contributed by atoms with van der Waals surface area (Å²) in [6.07, 6.45) is 0. The predicted molar refractivity (Wildman–Crippen MR) is 70.0 cm³/mol. The fraction of sp³-hybridized carbons (Fsp3) is 0.250. The second kappa shape index (κ2) is 6.26. The molecule has 1 aromatic carbocycles. The van der Waals surface area contributed by atoms with E-state index in [1.165, 1.54) is 24.3 Å². The summed E-state index contributed by atoms with van der Waals surface area (Å²) in [5, 5.41) is 0. The molecule has 1 aromatic rings. The van der Waals surface area contributed by atoms with Gasteiger partial charge < -0.3 is 0 Å². The first kappa shape index (κ1) is 15.8. The first-order chi connectivity index (χ1) is 9.29. The minimum atomic E-state index is -4.06. The quantitative estimate of drug-likeness (QED) is 0.444. The molecule has 20 heavy (non-hydrogen) atoms. The van der Waals surface area contributed by atoms with Crippen LogP contribution < -0.4 is 0 Å². The first-order valence-electron chi connectivity index (χ1n) is 4.94. The summed E-state index contributed by atoms with van der Waals surface area (Å²) in [7, 11) is -8.13. The number of rotatable bonds is 6. The van der Waals surface area contributed by atoms with Crippen molar-refractivity contribution in [2.75, 3.05) is 0 Å². The van der Waals surface area contributed by atoms with Crippen molar-refractivity contribution in [3.63, 3.8) is 0 Å². The standard InChI is InChI=1S/C8H8N6O4S2/c9-11-13-19(15,16)5-7-3-1-2-4-8(7)6-20(17,18)14-12-10/h1-4H,5-6H2. The Labute approximate surface area is 114 Å². The summed E-state index contributed by atoms with van der Waals surface area (Å²) in [6, 6.07) is 5.77. The van der Waals surface area contributed by atoms with E-state index in [1.807, 2.05) is 0 Å². The third-order valence-corrected chi connectivity index (χ3v) is 4.11. The lowest BCUT2D eigenvalue weighted by molar-refractivity contribution is 0.593. The molecule has 0 saturated heterocycles. The van der Waals surface area contributed by atoms with Crippen molar-refractivity contribution in [2.24, 2.45) is 9.04 Å². The second-order valence-corrected chi connectivity index (χ2v) is 6.80. The molecular weight excluding hydrogens is 308 g/mol. The highest BCUT2D eigenvalue weighted by Crippen LogP contribution is 2.17. The van der Waals surface area contributed by atoms with Gasteiger partial charge in [-0.25, -0.2) is 16.8 Å². The zero-order valence-corrected chi connectivity index (χ0v) is 11.5. The molecule has 0 saturated carbocycles. The van der Waals surface area contributed by atoms with E-state index in [4.69, 9.17) is 11.1 Å². The minimum absolute atomic E-state index is 0.150. The summed E-state index contributed by atoms with van der Waals surface area (Å²) in [5.74, 6) is -1.28. The molecule has 106 valence electrons. The normalized spacial score (nSPS) is 11.2. The van der Waals surface area contributed by atoms with E-state index in [9.17, 15) is 16.8 Å². The number of azide groups is 2. The molecule has 0 aromatic heterocycles. The molecule has 0 aliphatic carbocycles. The maximum Gasteiger partial charge on any atom is 0.239 e. The number of sulfonamides is 2. The lowest BCUT2D eigenvalue weighted by atomic mass is 10.1. The van der Waals surface area contributed by atoms with E-state index in [0.29, 0.717) is 0 Å². The van der Waals surface area contributed by atoms with E-state index in [1.54, 1.807) is 0 Å². The van der Waals surface area contributed by atoms with Gasteiger partial charge in [0.05, 0.1) is 11.5 Å². The Kier molecular flexibility index (Phi) is 4.94. The third kappa shape index (κ3) is 4.78. The van der Waals surface area contributed by atoms with Crippen LogP contribution in [0.25, 0.3) is 20.9 Å². The summed E-state index contributed by atoms with van der Waals surface area (Å²) in [5.41, 5.74) is 16.6. The highest BCUT2D eigenvalue weighted by molar-refractivity contribution is 7.89. The third-order valence-electron chi connectivity index (χ3n) is 2.12. The smallest absolute Gasteiger partial charge is 0.221 e. The van der Waals surface area contributed by atoms with Gasteiger partial charge in [-0.2, -0.15) is 0 Å². The zero-order chi connectivity index (χ0) is 15.2. The molecule has 0 amide bonds. The van der Waals surface area contributed by atoms with Gasteiger partial charge in [0.1, 0.15) is 0 Å². The van der Waals surface area contributed by atoms with E-state index in [2.05, 4.69) is 18.9 Å². The van der Waals surface area contributed by atoms with Crippen molar-refractivity contribution in [2.45, 2.75) is 11.5 Å². The Hall–Kier alpha value is -2.26. The summed E-state index contributed by atoms with van der Waals surface area (Å²) in [6.45, 7) is 0. The number of nitrogens with zero attached hydrogens (tertiary/aromatic N) is 6. The van der Waals surface area contributed by atoms with Crippen molar-refractivity contribution in [1.82, 2.24) is 0 Å². The van der Waals surface area contributed by atoms with Gasteiger partial charge in [-0.3, -0.25) is 0 Å². The Morgan fingerprint density at radius 1 is 0.850 bits per heavy atom. The van der Waals surface area contributed by atoms with Crippen LogP contribution >= 0.6 is 0 Å². The zero-order valence-electron chi connectivity index (χ0n) is 9.86. The van der Waals surface area contributed by atoms with E-state index in [-0.39, 0.29) is 11.1 Å². The fourth-order valence-corrected chi connectivity index (χ4v) is 3.09. The summed E-state index contributed by atoms with van der Waals surface area (Å²) < 4.78 is 50.9. The van der Waals surface area contributed by atoms with Crippen LogP contribution in [0.4, 0.5) is 0 Å². The van der Waals surface area contributed by atoms with Crippen molar-refractivity contribution < 1.29 is 16.8 Å². The molecule has 0 aliphatic heterocycles. The molecule has 10 nitrogen and oxygen atoms in total. The van der Waals surface area contributed by atoms with Gasteiger partial charge in [0.2, 0.25) is 20.0 Å². The average Bonchev–Trinajstić information content (AvgIpc) is 2.30. The minimum Gasteiger partial charge on any atom is -0.221 e. The number of benzene rings is 1. The molecule has 1 rings (SSSR count).